The SMILES string of the molecule is NC(=O)O[C@@H]1[C@H]2CC[C@H](C2)[C@@H]1Nc1nc(Nc2ccc3c(c2)CCC(NCC(F)(F)F)CC3)ncc1Cl. The Kier molecular flexibility index (Phi) is 7.35. The van der Waals surface area contributed by atoms with Crippen molar-refractivity contribution in [1.29, 1.82) is 0 Å². The summed E-state index contributed by atoms with van der Waals surface area (Å²) in [5.74, 6) is 1.41. The van der Waals surface area contributed by atoms with Crippen LogP contribution < -0.4 is 21.7 Å². The lowest BCUT2D eigenvalue weighted by molar-refractivity contribution is -0.126. The van der Waals surface area contributed by atoms with Crippen LogP contribution in [0.15, 0.2) is 24.4 Å². The molecule has 1 unspecified atom stereocenters. The number of ether oxygens (including phenoxy) is 1. The Morgan fingerprint density at radius 2 is 1.89 bits per heavy atom. The minimum absolute atomic E-state index is 0.127. The first kappa shape index (κ1) is 25.8. The summed E-state index contributed by atoms with van der Waals surface area (Å²) in [6.07, 6.45) is 1.89. The van der Waals surface area contributed by atoms with Gasteiger partial charge in [-0.25, -0.2) is 9.78 Å². The minimum atomic E-state index is -4.21. The number of rotatable bonds is 7. The van der Waals surface area contributed by atoms with Crippen LogP contribution in [0.4, 0.5) is 35.4 Å². The molecule has 2 saturated carbocycles. The molecule has 0 radical (unpaired) electrons. The van der Waals surface area contributed by atoms with Crippen molar-refractivity contribution < 1.29 is 22.7 Å². The van der Waals surface area contributed by atoms with Crippen molar-refractivity contribution in [2.45, 2.75) is 69.3 Å². The van der Waals surface area contributed by atoms with Crippen molar-refractivity contribution in [3.63, 3.8) is 0 Å². The first-order valence-corrected chi connectivity index (χ1v) is 13.0. The molecule has 2 aromatic rings. The van der Waals surface area contributed by atoms with Crippen LogP contribution in [0.3, 0.4) is 0 Å². The third kappa shape index (κ3) is 6.20. The Bertz CT molecular complexity index is 1150. The smallest absolute Gasteiger partial charge is 0.404 e. The molecule has 0 spiro atoms. The molecule has 5 atom stereocenters. The van der Waals surface area contributed by atoms with Gasteiger partial charge in [0.05, 0.1) is 18.8 Å². The van der Waals surface area contributed by atoms with Crippen LogP contribution in [0.5, 0.6) is 0 Å². The zero-order valence-corrected chi connectivity index (χ0v) is 20.9. The molecule has 0 aliphatic heterocycles. The number of halogens is 4. The van der Waals surface area contributed by atoms with Gasteiger partial charge in [0.15, 0.2) is 5.82 Å². The van der Waals surface area contributed by atoms with E-state index >= 15 is 0 Å². The average molecular weight is 539 g/mol. The van der Waals surface area contributed by atoms with Crippen molar-refractivity contribution in [3.8, 4) is 0 Å². The van der Waals surface area contributed by atoms with Gasteiger partial charge in [0.2, 0.25) is 5.95 Å². The van der Waals surface area contributed by atoms with Crippen molar-refractivity contribution in [1.82, 2.24) is 15.3 Å². The highest BCUT2D eigenvalue weighted by Gasteiger charge is 2.50. The number of nitrogens with zero attached hydrogens (tertiary/aromatic N) is 2. The van der Waals surface area contributed by atoms with E-state index in [1.807, 2.05) is 18.2 Å². The molecule has 37 heavy (non-hydrogen) atoms. The fourth-order valence-electron chi connectivity index (χ4n) is 6.01. The van der Waals surface area contributed by atoms with E-state index in [-0.39, 0.29) is 24.1 Å². The number of aryl methyl sites for hydroxylation is 2. The zero-order chi connectivity index (χ0) is 26.2. The molecule has 1 heterocycles. The fourth-order valence-corrected chi connectivity index (χ4v) is 6.15. The van der Waals surface area contributed by atoms with Crippen molar-refractivity contribution in [3.05, 3.63) is 40.5 Å². The Balaban J connectivity index is 1.25. The maximum atomic E-state index is 12.6. The molecule has 1 aromatic carbocycles. The van der Waals surface area contributed by atoms with Gasteiger partial charge in [0, 0.05) is 11.7 Å². The van der Waals surface area contributed by atoms with Crippen LogP contribution in [0.2, 0.25) is 5.02 Å². The number of benzene rings is 1. The molecule has 5 rings (SSSR count). The lowest BCUT2D eigenvalue weighted by atomic mass is 9.92. The van der Waals surface area contributed by atoms with Gasteiger partial charge in [0.25, 0.3) is 0 Å². The summed E-state index contributed by atoms with van der Waals surface area (Å²) in [6, 6.07) is 5.61. The van der Waals surface area contributed by atoms with Crippen LogP contribution in [0.1, 0.15) is 43.2 Å². The van der Waals surface area contributed by atoms with E-state index in [9.17, 15) is 18.0 Å². The molecule has 3 aliphatic carbocycles. The molecule has 3 aliphatic rings. The molecule has 1 amide bonds. The average Bonchev–Trinajstić information content (AvgIpc) is 3.36. The molecule has 2 bridgehead atoms. The molecular formula is C25H30ClF3N6O2. The summed E-state index contributed by atoms with van der Waals surface area (Å²) in [4.78, 5) is 20.3. The quantitative estimate of drug-likeness (QED) is 0.369. The Morgan fingerprint density at radius 1 is 1.14 bits per heavy atom. The molecule has 12 heteroatoms. The van der Waals surface area contributed by atoms with Gasteiger partial charge < -0.3 is 26.4 Å². The van der Waals surface area contributed by atoms with E-state index in [0.717, 1.165) is 42.5 Å². The van der Waals surface area contributed by atoms with Gasteiger partial charge in [-0.1, -0.05) is 17.7 Å². The van der Waals surface area contributed by atoms with E-state index < -0.39 is 18.8 Å². The number of carbonyl (C=O) groups is 1. The van der Waals surface area contributed by atoms with Crippen LogP contribution >= 0.6 is 11.6 Å². The number of hydrogen-bond acceptors (Lipinski definition) is 7. The maximum absolute atomic E-state index is 12.6. The number of aromatic nitrogens is 2. The van der Waals surface area contributed by atoms with E-state index in [2.05, 4.69) is 25.9 Å². The number of primary amides is 1. The van der Waals surface area contributed by atoms with Crippen LogP contribution in [-0.2, 0) is 17.6 Å². The first-order chi connectivity index (χ1) is 17.6. The van der Waals surface area contributed by atoms with Gasteiger partial charge >= 0.3 is 12.3 Å². The summed E-state index contributed by atoms with van der Waals surface area (Å²) < 4.78 is 43.2. The molecular weight excluding hydrogens is 509 g/mol. The van der Waals surface area contributed by atoms with Crippen molar-refractivity contribution >= 4 is 35.1 Å². The molecule has 5 N–H and O–H groups in total. The van der Waals surface area contributed by atoms with Gasteiger partial charge in [-0.05, 0) is 80.0 Å². The van der Waals surface area contributed by atoms with E-state index in [1.54, 1.807) is 0 Å². The number of carbonyl (C=O) groups excluding carboxylic acids is 1. The van der Waals surface area contributed by atoms with Gasteiger partial charge in [-0.15, -0.1) is 0 Å². The lowest BCUT2D eigenvalue weighted by Gasteiger charge is -2.31. The minimum Gasteiger partial charge on any atom is -0.444 e. The number of nitrogens with two attached hydrogens (primary N) is 1. The predicted molar refractivity (Wildman–Crippen MR) is 134 cm³/mol. The lowest BCUT2D eigenvalue weighted by Crippen LogP contribution is -2.43. The number of amides is 1. The van der Waals surface area contributed by atoms with E-state index in [4.69, 9.17) is 22.1 Å². The van der Waals surface area contributed by atoms with Crippen LogP contribution in [0, 0.1) is 11.8 Å². The second-order valence-corrected chi connectivity index (χ2v) is 10.6. The standard InChI is InChI=1S/C25H30ClF3N6O2/c26-19-11-31-24(35-22(19)34-20-15-1-2-16(9-15)21(20)37-23(30)36)33-18-8-4-13-3-6-17(7-5-14(13)10-18)32-12-25(27,28)29/h4,8,10-11,15-17,20-21,32H,1-3,5-7,9,12H2,(H2,30,36)(H2,31,33,34,35)/t15-,16+,17?,20+,21-/m1/s1. The largest absolute Gasteiger partial charge is 0.444 e. The summed E-state index contributed by atoms with van der Waals surface area (Å²) in [6.45, 7) is -0.969. The second-order valence-electron chi connectivity index (χ2n) is 10.2. The van der Waals surface area contributed by atoms with Gasteiger partial charge in [-0.3, -0.25) is 0 Å². The molecule has 1 aromatic heterocycles. The topological polar surface area (TPSA) is 114 Å². The number of fused-ring (bicyclic) bond motifs is 3. The summed E-state index contributed by atoms with van der Waals surface area (Å²) in [5.41, 5.74) is 8.32. The third-order valence-corrected chi connectivity index (χ3v) is 7.99. The summed E-state index contributed by atoms with van der Waals surface area (Å²) in [7, 11) is 0. The second kappa shape index (κ2) is 10.5. The Hall–Kier alpha value is -2.79. The third-order valence-electron chi connectivity index (χ3n) is 7.72. The molecule has 200 valence electrons. The predicted octanol–water partition coefficient (Wildman–Crippen LogP) is 4.95. The molecule has 0 saturated heterocycles. The monoisotopic (exact) mass is 538 g/mol. The maximum Gasteiger partial charge on any atom is 0.404 e. The zero-order valence-electron chi connectivity index (χ0n) is 20.2. The molecule has 8 nitrogen and oxygen atoms in total. The summed E-state index contributed by atoms with van der Waals surface area (Å²) >= 11 is 6.39. The highest BCUT2D eigenvalue weighted by molar-refractivity contribution is 6.32. The molecule has 2 fully saturated rings. The van der Waals surface area contributed by atoms with Crippen LogP contribution in [0.25, 0.3) is 0 Å². The van der Waals surface area contributed by atoms with Crippen molar-refractivity contribution in [2.75, 3.05) is 17.2 Å². The fraction of sp³-hybridized carbons (Fsp3) is 0.560. The van der Waals surface area contributed by atoms with Crippen LogP contribution in [-0.4, -0.2) is 47.0 Å². The highest BCUT2D eigenvalue weighted by Crippen LogP contribution is 2.47. The number of anilines is 3. The summed E-state index contributed by atoms with van der Waals surface area (Å²) in [5, 5.41) is 9.57. The van der Waals surface area contributed by atoms with Gasteiger partial charge in [0.1, 0.15) is 11.1 Å². The highest BCUT2D eigenvalue weighted by atomic mass is 35.5. The van der Waals surface area contributed by atoms with E-state index in [1.165, 1.54) is 6.20 Å². The normalized spacial score (nSPS) is 26.9. The van der Waals surface area contributed by atoms with E-state index in [0.29, 0.717) is 42.0 Å². The Labute approximate surface area is 217 Å². The first-order valence-electron chi connectivity index (χ1n) is 12.6. The number of hydrogen-bond donors (Lipinski definition) is 4. The Morgan fingerprint density at radius 3 is 2.65 bits per heavy atom. The number of alkyl halides is 3. The van der Waals surface area contributed by atoms with Gasteiger partial charge in [-0.2, -0.15) is 18.2 Å². The number of nitrogens with one attached hydrogen (secondary N) is 3. The van der Waals surface area contributed by atoms with Crippen molar-refractivity contribution in [2.24, 2.45) is 17.6 Å².